The number of benzene rings is 2. The molecule has 51 heavy (non-hydrogen) atoms. The SMILES string of the molecule is CC(=O)C1=NN(c2cc(SOOO)ccc2S(=O)(=O)O)C(=O)C1=CC=CC=Cc1c(C(C)=O)nn(-c2cc(SOOO)ccc2S(=O)(=O)O)c1O. The number of rotatable bonds is 15. The maximum absolute atomic E-state index is 13.4. The predicted octanol–water partition coefficient (Wildman–Crippen LogP) is 3.62. The number of amides is 1. The van der Waals surface area contributed by atoms with Gasteiger partial charge in [0.05, 0.1) is 46.6 Å². The van der Waals surface area contributed by atoms with Gasteiger partial charge in [-0.1, -0.05) is 28.3 Å². The van der Waals surface area contributed by atoms with Crippen molar-refractivity contribution in [3.05, 3.63) is 77.5 Å². The number of hydrazone groups is 1. The van der Waals surface area contributed by atoms with Crippen molar-refractivity contribution >= 4 is 79.3 Å². The quantitative estimate of drug-likeness (QED) is 0.0279. The highest BCUT2D eigenvalue weighted by molar-refractivity contribution is 7.94. The summed E-state index contributed by atoms with van der Waals surface area (Å²) in [5.74, 6) is -3.08. The van der Waals surface area contributed by atoms with E-state index in [1.54, 1.807) is 0 Å². The summed E-state index contributed by atoms with van der Waals surface area (Å²) in [5.41, 5.74) is -2.10. The van der Waals surface area contributed by atoms with Crippen molar-refractivity contribution in [3.63, 3.8) is 0 Å². The molecule has 0 spiro atoms. The van der Waals surface area contributed by atoms with E-state index in [1.807, 2.05) is 0 Å². The highest BCUT2D eigenvalue weighted by atomic mass is 32.2. The van der Waals surface area contributed by atoms with Gasteiger partial charge in [-0.15, -0.1) is 8.67 Å². The van der Waals surface area contributed by atoms with Crippen LogP contribution in [-0.2, 0) is 48.6 Å². The minimum absolute atomic E-state index is 0.0870. The molecule has 2 heterocycles. The van der Waals surface area contributed by atoms with Gasteiger partial charge < -0.3 is 5.11 Å². The van der Waals surface area contributed by atoms with Gasteiger partial charge in [0.1, 0.15) is 21.2 Å². The highest BCUT2D eigenvalue weighted by Crippen LogP contribution is 2.35. The first-order chi connectivity index (χ1) is 24.0. The largest absolute Gasteiger partial charge is 0.493 e. The van der Waals surface area contributed by atoms with Crippen molar-refractivity contribution in [1.82, 2.24) is 9.78 Å². The Morgan fingerprint density at radius 2 is 1.37 bits per heavy atom. The zero-order chi connectivity index (χ0) is 37.7. The van der Waals surface area contributed by atoms with Gasteiger partial charge in [0.2, 0.25) is 5.88 Å². The molecule has 2 aromatic carbocycles. The molecule has 0 unspecified atom stereocenters. The van der Waals surface area contributed by atoms with E-state index >= 15 is 0 Å². The molecule has 0 fully saturated rings. The molecule has 0 radical (unpaired) electrons. The Labute approximate surface area is 295 Å². The number of nitrogens with zero attached hydrogens (tertiary/aromatic N) is 4. The first-order valence-electron chi connectivity index (χ1n) is 13.3. The Morgan fingerprint density at radius 3 is 1.88 bits per heavy atom. The number of anilines is 1. The topological polar surface area (TPSA) is 291 Å². The first kappa shape index (κ1) is 39.2. The van der Waals surface area contributed by atoms with Crippen molar-refractivity contribution in [2.45, 2.75) is 33.4 Å². The van der Waals surface area contributed by atoms with Crippen LogP contribution in [0.5, 0.6) is 5.88 Å². The number of hydrogen-bond acceptors (Lipinski definition) is 18. The van der Waals surface area contributed by atoms with Crippen LogP contribution in [0.15, 0.2) is 91.0 Å². The molecule has 20 nitrogen and oxygen atoms in total. The monoisotopic (exact) mass is 786 g/mol. The lowest BCUT2D eigenvalue weighted by Gasteiger charge is -2.15. The van der Waals surface area contributed by atoms with E-state index in [-0.39, 0.29) is 32.3 Å². The summed E-state index contributed by atoms with van der Waals surface area (Å²) in [5, 5.41) is 43.4. The number of allylic oxidation sites excluding steroid dienone is 4. The van der Waals surface area contributed by atoms with Gasteiger partial charge in [-0.2, -0.15) is 36.7 Å². The van der Waals surface area contributed by atoms with E-state index in [0.717, 1.165) is 50.3 Å². The third-order valence-electron chi connectivity index (χ3n) is 6.38. The predicted molar refractivity (Wildman–Crippen MR) is 174 cm³/mol. The molecule has 270 valence electrons. The van der Waals surface area contributed by atoms with Gasteiger partial charge in [0.25, 0.3) is 26.1 Å². The number of aromatic hydroxyl groups is 1. The van der Waals surface area contributed by atoms with Gasteiger partial charge in [0, 0.05) is 23.6 Å². The van der Waals surface area contributed by atoms with Crippen LogP contribution in [0.2, 0.25) is 0 Å². The van der Waals surface area contributed by atoms with Gasteiger partial charge in [0.15, 0.2) is 11.6 Å². The summed E-state index contributed by atoms with van der Waals surface area (Å²) in [6.45, 7) is 2.20. The average Bonchev–Trinajstić information content (AvgIpc) is 3.57. The Hall–Kier alpha value is -4.57. The third kappa shape index (κ3) is 9.03. The standard InChI is InChI=1S/C27H22N4O16S4/c1-14(32)24-18(26(34)30(28-24)20-12-16(48-46-44-36)8-10-22(20)50(38,39)40)6-4-3-5-7-19-25(15(2)33)29-31(27(19)35)21-13-17(49-47-45-37)9-11-23(21)51(41,42)43/h3-13,34,36-37H,1-2H3,(H,38,39,40)(H,41,42,43). The van der Waals surface area contributed by atoms with E-state index in [4.69, 9.17) is 10.5 Å². The lowest BCUT2D eigenvalue weighted by molar-refractivity contribution is -0.432. The number of carbonyl (C=O) groups is 3. The van der Waals surface area contributed by atoms with E-state index in [0.29, 0.717) is 33.8 Å². The summed E-state index contributed by atoms with van der Waals surface area (Å²) in [7, 11) is -9.81. The maximum atomic E-state index is 13.4. The van der Waals surface area contributed by atoms with Crippen molar-refractivity contribution in [2.75, 3.05) is 5.01 Å². The molecule has 3 aromatic rings. The summed E-state index contributed by atoms with van der Waals surface area (Å²) < 4.78 is 77.0. The van der Waals surface area contributed by atoms with E-state index in [9.17, 15) is 45.4 Å². The molecule has 1 aliphatic rings. The molecule has 5 N–H and O–H groups in total. The lowest BCUT2D eigenvalue weighted by atomic mass is 10.1. The van der Waals surface area contributed by atoms with Gasteiger partial charge in [-0.25, -0.2) is 10.5 Å². The molecule has 1 aliphatic heterocycles. The zero-order valence-electron chi connectivity index (χ0n) is 25.5. The van der Waals surface area contributed by atoms with Gasteiger partial charge in [-0.3, -0.25) is 23.5 Å². The third-order valence-corrected chi connectivity index (χ3v) is 9.34. The van der Waals surface area contributed by atoms with Crippen molar-refractivity contribution < 1.29 is 74.7 Å². The molecule has 4 rings (SSSR count). The second-order valence-corrected chi connectivity index (χ2v) is 14.0. The molecule has 0 saturated heterocycles. The molecular formula is C27H22N4O16S4. The molecule has 0 saturated carbocycles. The summed E-state index contributed by atoms with van der Waals surface area (Å²) in [6.07, 6.45) is 6.16. The lowest BCUT2D eigenvalue weighted by Crippen LogP contribution is -2.23. The Bertz CT molecular complexity index is 2250. The van der Waals surface area contributed by atoms with Crippen LogP contribution < -0.4 is 5.01 Å². The summed E-state index contributed by atoms with van der Waals surface area (Å²) in [4.78, 5) is 36.9. The van der Waals surface area contributed by atoms with Gasteiger partial charge in [-0.05, 0) is 48.6 Å². The fourth-order valence-electron chi connectivity index (χ4n) is 4.33. The fraction of sp³-hybridized carbons (Fsp3) is 0.0741. The van der Waals surface area contributed by atoms with Crippen LogP contribution in [-0.4, -0.2) is 74.5 Å². The smallest absolute Gasteiger partial charge is 0.296 e. The van der Waals surface area contributed by atoms with Crippen LogP contribution in [0.25, 0.3) is 11.8 Å². The highest BCUT2D eigenvalue weighted by Gasteiger charge is 2.36. The molecule has 0 atom stereocenters. The van der Waals surface area contributed by atoms with Crippen LogP contribution in [0, 0.1) is 0 Å². The van der Waals surface area contributed by atoms with Crippen LogP contribution in [0.3, 0.4) is 0 Å². The van der Waals surface area contributed by atoms with Crippen LogP contribution >= 0.6 is 24.1 Å². The summed E-state index contributed by atoms with van der Waals surface area (Å²) in [6, 6.07) is 6.33. The number of ketones is 2. The van der Waals surface area contributed by atoms with Crippen molar-refractivity contribution in [1.29, 1.82) is 0 Å². The van der Waals surface area contributed by atoms with E-state index < -0.39 is 64.8 Å². The molecule has 0 bridgehead atoms. The molecule has 1 amide bonds. The fourth-order valence-corrected chi connectivity index (χ4v) is 6.42. The molecule has 24 heteroatoms. The Balaban J connectivity index is 1.70. The average molecular weight is 787 g/mol. The Morgan fingerprint density at radius 1 is 0.824 bits per heavy atom. The van der Waals surface area contributed by atoms with Gasteiger partial charge >= 0.3 is 0 Å². The second kappa shape index (κ2) is 16.2. The van der Waals surface area contributed by atoms with Crippen LogP contribution in [0.4, 0.5) is 5.69 Å². The van der Waals surface area contributed by atoms with Crippen molar-refractivity contribution in [3.8, 4) is 11.6 Å². The number of aromatic nitrogens is 2. The second-order valence-electron chi connectivity index (χ2n) is 9.66. The number of carbonyl (C=O) groups excluding carboxylic acids is 3. The molecule has 0 aliphatic carbocycles. The van der Waals surface area contributed by atoms with E-state index in [2.05, 4.69) is 28.9 Å². The van der Waals surface area contributed by atoms with Crippen molar-refractivity contribution in [2.24, 2.45) is 5.10 Å². The first-order valence-corrected chi connectivity index (χ1v) is 17.7. The molecule has 1 aromatic heterocycles. The zero-order valence-corrected chi connectivity index (χ0v) is 28.8. The minimum atomic E-state index is -4.92. The minimum Gasteiger partial charge on any atom is -0.493 e. The number of hydrogen-bond donors (Lipinski definition) is 5. The number of Topliss-reactive ketones (excluding diaryl/α,β-unsaturated/α-hetero) is 2. The van der Waals surface area contributed by atoms with E-state index in [1.165, 1.54) is 30.4 Å². The molecular weight excluding hydrogens is 765 g/mol. The normalized spacial score (nSPS) is 14.7. The Kier molecular flexibility index (Phi) is 12.4. The summed E-state index contributed by atoms with van der Waals surface area (Å²) >= 11 is 0.838. The van der Waals surface area contributed by atoms with Crippen LogP contribution in [0.1, 0.15) is 29.9 Å². The maximum Gasteiger partial charge on any atom is 0.296 e.